The second-order valence-electron chi connectivity index (χ2n) is 3.85. The van der Waals surface area contributed by atoms with Gasteiger partial charge in [0.15, 0.2) is 0 Å². The van der Waals surface area contributed by atoms with Crippen LogP contribution in [-0.4, -0.2) is 0 Å². The lowest BCUT2D eigenvalue weighted by atomic mass is 10.0. The summed E-state index contributed by atoms with van der Waals surface area (Å²) in [5, 5.41) is 0.780. The van der Waals surface area contributed by atoms with Gasteiger partial charge in [-0.15, -0.1) is 0 Å². The minimum atomic E-state index is 0.294. The normalized spacial score (nSPS) is 12.4. The van der Waals surface area contributed by atoms with Gasteiger partial charge in [0.05, 0.1) is 0 Å². The third kappa shape index (κ3) is 3.84. The summed E-state index contributed by atoms with van der Waals surface area (Å²) in [5.41, 5.74) is 2.51. The summed E-state index contributed by atoms with van der Waals surface area (Å²) in [7, 11) is 0. The minimum Gasteiger partial charge on any atom is -0.0843 e. The molecule has 0 fully saturated rings. The summed E-state index contributed by atoms with van der Waals surface area (Å²) in [6.07, 6.45) is 0.952. The molecule has 0 aliphatic rings. The Morgan fingerprint density at radius 3 is 2.41 bits per heavy atom. The van der Waals surface area contributed by atoms with Crippen molar-refractivity contribution in [3.05, 3.63) is 69.2 Å². The van der Waals surface area contributed by atoms with Crippen LogP contribution >= 0.6 is 43.5 Å². The van der Waals surface area contributed by atoms with Crippen LogP contribution < -0.4 is 0 Å². The minimum absolute atomic E-state index is 0.294. The predicted octanol–water partition coefficient (Wildman–Crippen LogP) is 5.78. The maximum atomic E-state index is 5.99. The van der Waals surface area contributed by atoms with E-state index < -0.39 is 0 Å². The van der Waals surface area contributed by atoms with Crippen molar-refractivity contribution in [2.75, 3.05) is 0 Å². The molecule has 88 valence electrons. The van der Waals surface area contributed by atoms with E-state index in [4.69, 9.17) is 11.6 Å². The molecule has 17 heavy (non-hydrogen) atoms. The Labute approximate surface area is 123 Å². The Kier molecular flexibility index (Phi) is 4.66. The van der Waals surface area contributed by atoms with E-state index in [2.05, 4.69) is 62.2 Å². The number of alkyl halides is 1. The van der Waals surface area contributed by atoms with Gasteiger partial charge in [-0.25, -0.2) is 0 Å². The Morgan fingerprint density at radius 1 is 1.06 bits per heavy atom. The number of hydrogen-bond donors (Lipinski definition) is 0. The first-order valence-corrected chi connectivity index (χ1v) is 7.38. The highest BCUT2D eigenvalue weighted by Crippen LogP contribution is 2.29. The van der Waals surface area contributed by atoms with Crippen molar-refractivity contribution >= 4 is 43.5 Å². The van der Waals surface area contributed by atoms with Gasteiger partial charge in [-0.3, -0.25) is 0 Å². The monoisotopic (exact) mass is 372 g/mol. The van der Waals surface area contributed by atoms with Crippen LogP contribution in [0.4, 0.5) is 0 Å². The van der Waals surface area contributed by atoms with E-state index in [9.17, 15) is 0 Å². The third-order valence-corrected chi connectivity index (χ3v) is 4.15. The van der Waals surface area contributed by atoms with Crippen molar-refractivity contribution in [1.82, 2.24) is 0 Å². The molecular weight excluding hydrogens is 363 g/mol. The van der Waals surface area contributed by atoms with Gasteiger partial charge >= 0.3 is 0 Å². The summed E-state index contributed by atoms with van der Waals surface area (Å²) in [6.45, 7) is 0. The zero-order valence-corrected chi connectivity index (χ0v) is 13.0. The summed E-state index contributed by atoms with van der Waals surface area (Å²) >= 11 is 13.1. The Bertz CT molecular complexity index is 494. The first-order chi connectivity index (χ1) is 8.15. The first kappa shape index (κ1) is 13.1. The van der Waals surface area contributed by atoms with Crippen LogP contribution in [0.3, 0.4) is 0 Å². The van der Waals surface area contributed by atoms with Crippen molar-refractivity contribution in [2.45, 2.75) is 11.2 Å². The summed E-state index contributed by atoms with van der Waals surface area (Å²) in [5.74, 6) is 0. The molecule has 1 atom stereocenters. The molecule has 2 rings (SSSR count). The second-order valence-corrected chi connectivity index (χ2v) is 6.31. The van der Waals surface area contributed by atoms with Crippen LogP contribution in [0.5, 0.6) is 0 Å². The topological polar surface area (TPSA) is 0 Å². The lowest BCUT2D eigenvalue weighted by Crippen LogP contribution is -1.95. The van der Waals surface area contributed by atoms with E-state index in [-0.39, 0.29) is 0 Å². The van der Waals surface area contributed by atoms with E-state index in [1.807, 2.05) is 18.2 Å². The zero-order valence-electron chi connectivity index (χ0n) is 9.04. The van der Waals surface area contributed by atoms with Crippen LogP contribution in [0.2, 0.25) is 5.02 Å². The first-order valence-electron chi connectivity index (χ1n) is 5.29. The molecule has 0 spiro atoms. The quantitative estimate of drug-likeness (QED) is 0.597. The standard InChI is InChI=1S/C14H11Br2Cl/c15-12-6-4-10(5-7-12)8-14(16)11-2-1-3-13(17)9-11/h1-7,9,14H,8H2. The lowest BCUT2D eigenvalue weighted by Gasteiger charge is -2.10. The van der Waals surface area contributed by atoms with Gasteiger partial charge in [0.2, 0.25) is 0 Å². The van der Waals surface area contributed by atoms with Gasteiger partial charge in [-0.05, 0) is 41.8 Å². The van der Waals surface area contributed by atoms with Crippen LogP contribution in [-0.2, 0) is 6.42 Å². The fraction of sp³-hybridized carbons (Fsp3) is 0.143. The molecule has 1 unspecified atom stereocenters. The van der Waals surface area contributed by atoms with E-state index in [0.717, 1.165) is 15.9 Å². The average Bonchev–Trinajstić information content (AvgIpc) is 2.32. The Balaban J connectivity index is 2.11. The smallest absolute Gasteiger partial charge is 0.0436 e. The van der Waals surface area contributed by atoms with E-state index >= 15 is 0 Å². The fourth-order valence-corrected chi connectivity index (χ4v) is 2.77. The van der Waals surface area contributed by atoms with Gasteiger partial charge in [-0.2, -0.15) is 0 Å². The highest BCUT2D eigenvalue weighted by atomic mass is 79.9. The van der Waals surface area contributed by atoms with E-state index in [0.29, 0.717) is 4.83 Å². The van der Waals surface area contributed by atoms with Crippen LogP contribution in [0.1, 0.15) is 16.0 Å². The summed E-state index contributed by atoms with van der Waals surface area (Å²) < 4.78 is 1.11. The molecular formula is C14H11Br2Cl. The van der Waals surface area contributed by atoms with Crippen molar-refractivity contribution in [3.8, 4) is 0 Å². The molecule has 2 aromatic rings. The number of benzene rings is 2. The maximum absolute atomic E-state index is 5.99. The largest absolute Gasteiger partial charge is 0.0843 e. The van der Waals surface area contributed by atoms with Crippen molar-refractivity contribution in [2.24, 2.45) is 0 Å². The number of halogens is 3. The molecule has 2 aromatic carbocycles. The van der Waals surface area contributed by atoms with Crippen molar-refractivity contribution < 1.29 is 0 Å². The highest BCUT2D eigenvalue weighted by molar-refractivity contribution is 9.10. The van der Waals surface area contributed by atoms with Gasteiger partial charge in [0.25, 0.3) is 0 Å². The summed E-state index contributed by atoms with van der Waals surface area (Å²) in [4.78, 5) is 0.294. The van der Waals surface area contributed by atoms with Gasteiger partial charge in [0, 0.05) is 14.3 Å². The molecule has 3 heteroatoms. The Hall–Kier alpha value is -0.310. The van der Waals surface area contributed by atoms with Gasteiger partial charge < -0.3 is 0 Å². The molecule has 0 amide bonds. The predicted molar refractivity (Wildman–Crippen MR) is 81.0 cm³/mol. The fourth-order valence-electron chi connectivity index (χ4n) is 1.65. The van der Waals surface area contributed by atoms with Crippen molar-refractivity contribution in [3.63, 3.8) is 0 Å². The number of hydrogen-bond acceptors (Lipinski definition) is 0. The van der Waals surface area contributed by atoms with Crippen LogP contribution in [0.15, 0.2) is 53.0 Å². The second kappa shape index (κ2) is 6.03. The molecule has 0 aliphatic carbocycles. The molecule has 0 saturated heterocycles. The lowest BCUT2D eigenvalue weighted by molar-refractivity contribution is 0.949. The molecule has 0 bridgehead atoms. The molecule has 0 radical (unpaired) electrons. The molecule has 0 heterocycles. The van der Waals surface area contributed by atoms with Crippen LogP contribution in [0.25, 0.3) is 0 Å². The molecule has 0 nitrogen and oxygen atoms in total. The molecule has 0 N–H and O–H groups in total. The van der Waals surface area contributed by atoms with Crippen molar-refractivity contribution in [1.29, 1.82) is 0 Å². The van der Waals surface area contributed by atoms with Crippen LogP contribution in [0, 0.1) is 0 Å². The van der Waals surface area contributed by atoms with Gasteiger partial charge in [0.1, 0.15) is 0 Å². The summed E-state index contributed by atoms with van der Waals surface area (Å²) in [6, 6.07) is 16.3. The SMILES string of the molecule is Clc1cccc(C(Br)Cc2ccc(Br)cc2)c1. The maximum Gasteiger partial charge on any atom is 0.0436 e. The molecule has 0 aliphatic heterocycles. The number of rotatable bonds is 3. The van der Waals surface area contributed by atoms with Gasteiger partial charge in [-0.1, -0.05) is 67.7 Å². The van der Waals surface area contributed by atoms with E-state index in [1.54, 1.807) is 0 Å². The van der Waals surface area contributed by atoms with E-state index in [1.165, 1.54) is 11.1 Å². The highest BCUT2D eigenvalue weighted by Gasteiger charge is 2.08. The third-order valence-electron chi connectivity index (χ3n) is 2.54. The Morgan fingerprint density at radius 2 is 1.76 bits per heavy atom. The zero-order chi connectivity index (χ0) is 12.3. The molecule has 0 saturated carbocycles. The average molecular weight is 375 g/mol. The molecule has 0 aromatic heterocycles.